The van der Waals surface area contributed by atoms with E-state index >= 15 is 0 Å². The van der Waals surface area contributed by atoms with Crippen LogP contribution in [0.2, 0.25) is 0 Å². The van der Waals surface area contributed by atoms with Crippen molar-refractivity contribution in [2.45, 2.75) is 27.2 Å². The van der Waals surface area contributed by atoms with Gasteiger partial charge in [0.2, 0.25) is 11.8 Å². The maximum atomic E-state index is 12.4. The Labute approximate surface area is 125 Å². The monoisotopic (exact) mass is 290 g/mol. The predicted octanol–water partition coefficient (Wildman–Crippen LogP) is 2.07. The first-order chi connectivity index (χ1) is 9.84. The highest BCUT2D eigenvalue weighted by Gasteiger charge is 2.49. The fourth-order valence-electron chi connectivity index (χ4n) is 2.40. The largest absolute Gasteiger partial charge is 0.492 e. The van der Waals surface area contributed by atoms with Gasteiger partial charge in [0.05, 0.1) is 12.0 Å². The minimum atomic E-state index is -0.585. The van der Waals surface area contributed by atoms with Crippen LogP contribution in [0, 0.1) is 11.3 Å². The quantitative estimate of drug-likeness (QED) is 0.665. The molecule has 1 heterocycles. The normalized spacial score (nSPS) is 22.2. The summed E-state index contributed by atoms with van der Waals surface area (Å²) >= 11 is 0. The number of likely N-dealkylation sites (tertiary alicyclic amines) is 1. The number of nitrogen functional groups attached to an aromatic ring is 1. The van der Waals surface area contributed by atoms with Crippen LogP contribution in [0.5, 0.6) is 5.75 Å². The van der Waals surface area contributed by atoms with E-state index in [4.69, 9.17) is 10.5 Å². The summed E-state index contributed by atoms with van der Waals surface area (Å²) in [6.07, 6.45) is 0.283. The van der Waals surface area contributed by atoms with E-state index in [1.54, 1.807) is 24.3 Å². The average molecular weight is 290 g/mol. The molecule has 1 aliphatic heterocycles. The highest BCUT2D eigenvalue weighted by Crippen LogP contribution is 2.39. The first-order valence-electron chi connectivity index (χ1n) is 7.18. The Bertz CT molecular complexity index is 539. The number of hydrogen-bond donors (Lipinski definition) is 1. The number of carbonyl (C=O) groups excluding carboxylic acids is 2. The van der Waals surface area contributed by atoms with Crippen LogP contribution < -0.4 is 10.5 Å². The summed E-state index contributed by atoms with van der Waals surface area (Å²) in [7, 11) is 0. The number of hydrogen-bond acceptors (Lipinski definition) is 4. The smallest absolute Gasteiger partial charge is 0.236 e. The molecule has 1 aromatic rings. The van der Waals surface area contributed by atoms with E-state index in [0.29, 0.717) is 11.4 Å². The fraction of sp³-hybridized carbons (Fsp3) is 0.500. The van der Waals surface area contributed by atoms with Crippen molar-refractivity contribution in [1.82, 2.24) is 4.90 Å². The van der Waals surface area contributed by atoms with Crippen LogP contribution in [0.1, 0.15) is 27.2 Å². The summed E-state index contributed by atoms with van der Waals surface area (Å²) < 4.78 is 5.55. The van der Waals surface area contributed by atoms with E-state index in [1.165, 1.54) is 4.90 Å². The molecule has 2 amide bonds. The third-order valence-electron chi connectivity index (χ3n) is 4.29. The molecule has 0 aromatic heterocycles. The van der Waals surface area contributed by atoms with E-state index in [-0.39, 0.29) is 37.3 Å². The molecule has 0 aliphatic carbocycles. The molecule has 2 rings (SSSR count). The number of anilines is 1. The Morgan fingerprint density at radius 3 is 2.43 bits per heavy atom. The third kappa shape index (κ3) is 3.01. The molecular formula is C16H22N2O3. The molecule has 1 fully saturated rings. The summed E-state index contributed by atoms with van der Waals surface area (Å²) in [4.78, 5) is 25.7. The first kappa shape index (κ1) is 15.4. The van der Waals surface area contributed by atoms with E-state index in [0.717, 1.165) is 0 Å². The van der Waals surface area contributed by atoms with Gasteiger partial charge >= 0.3 is 0 Å². The Hall–Kier alpha value is -2.04. The molecular weight excluding hydrogens is 268 g/mol. The molecule has 1 unspecified atom stereocenters. The molecule has 2 N–H and O–H groups in total. The Morgan fingerprint density at radius 1 is 1.29 bits per heavy atom. The maximum absolute atomic E-state index is 12.4. The van der Waals surface area contributed by atoms with Crippen LogP contribution in [0.3, 0.4) is 0 Å². The zero-order valence-electron chi connectivity index (χ0n) is 12.8. The van der Waals surface area contributed by atoms with Crippen LogP contribution in [0.25, 0.3) is 0 Å². The number of rotatable bonds is 5. The second-order valence-electron chi connectivity index (χ2n) is 6.02. The summed E-state index contributed by atoms with van der Waals surface area (Å²) in [6, 6.07) is 7.02. The minimum absolute atomic E-state index is 0.0941. The molecule has 1 atom stereocenters. The van der Waals surface area contributed by atoms with Gasteiger partial charge < -0.3 is 10.5 Å². The van der Waals surface area contributed by atoms with Gasteiger partial charge in [0.1, 0.15) is 12.4 Å². The molecule has 1 saturated heterocycles. The van der Waals surface area contributed by atoms with Crippen molar-refractivity contribution in [2.75, 3.05) is 18.9 Å². The topological polar surface area (TPSA) is 72.6 Å². The van der Waals surface area contributed by atoms with Crippen molar-refractivity contribution >= 4 is 17.5 Å². The summed E-state index contributed by atoms with van der Waals surface area (Å²) in [6.45, 7) is 6.37. The lowest BCUT2D eigenvalue weighted by Crippen LogP contribution is -2.38. The molecule has 21 heavy (non-hydrogen) atoms. The Morgan fingerprint density at radius 2 is 1.90 bits per heavy atom. The fourth-order valence-corrected chi connectivity index (χ4v) is 2.40. The van der Waals surface area contributed by atoms with Gasteiger partial charge in [-0.1, -0.05) is 13.8 Å². The Balaban J connectivity index is 1.93. The summed E-state index contributed by atoms with van der Waals surface area (Å²) in [5, 5.41) is 0. The molecule has 0 radical (unpaired) electrons. The molecule has 0 saturated carbocycles. The van der Waals surface area contributed by atoms with Crippen LogP contribution in [0.15, 0.2) is 24.3 Å². The third-order valence-corrected chi connectivity index (χ3v) is 4.29. The van der Waals surface area contributed by atoms with E-state index in [2.05, 4.69) is 0 Å². The lowest BCUT2D eigenvalue weighted by atomic mass is 9.78. The van der Waals surface area contributed by atoms with E-state index < -0.39 is 5.41 Å². The molecule has 114 valence electrons. The summed E-state index contributed by atoms with van der Waals surface area (Å²) in [5.41, 5.74) is 5.68. The van der Waals surface area contributed by atoms with Crippen LogP contribution in [-0.2, 0) is 9.59 Å². The lowest BCUT2D eigenvalue weighted by molar-refractivity contribution is -0.142. The number of nitrogens with two attached hydrogens (primary N) is 1. The second-order valence-corrected chi connectivity index (χ2v) is 6.02. The van der Waals surface area contributed by atoms with Gasteiger partial charge in [0.15, 0.2) is 0 Å². The summed E-state index contributed by atoms with van der Waals surface area (Å²) in [5.74, 6) is 0.604. The molecule has 0 spiro atoms. The number of carbonyl (C=O) groups is 2. The van der Waals surface area contributed by atoms with Gasteiger partial charge in [0, 0.05) is 12.1 Å². The van der Waals surface area contributed by atoms with Crippen molar-refractivity contribution in [3.8, 4) is 5.75 Å². The van der Waals surface area contributed by atoms with Gasteiger partial charge in [-0.3, -0.25) is 14.5 Å². The number of nitrogens with zero attached hydrogens (tertiary/aromatic N) is 1. The average Bonchev–Trinajstić information content (AvgIpc) is 2.65. The molecule has 0 bridgehead atoms. The van der Waals surface area contributed by atoms with Crippen molar-refractivity contribution in [3.63, 3.8) is 0 Å². The SMILES string of the molecule is CC(C)C1(C)CC(=O)N(CCOc2ccc(N)cc2)C1=O. The van der Waals surface area contributed by atoms with Gasteiger partial charge in [0.25, 0.3) is 0 Å². The number of imide groups is 1. The lowest BCUT2D eigenvalue weighted by Gasteiger charge is -2.26. The van der Waals surface area contributed by atoms with Crippen LogP contribution >= 0.6 is 0 Å². The van der Waals surface area contributed by atoms with Gasteiger partial charge in [-0.05, 0) is 37.1 Å². The van der Waals surface area contributed by atoms with Gasteiger partial charge in [-0.2, -0.15) is 0 Å². The number of ether oxygens (including phenoxy) is 1. The van der Waals surface area contributed by atoms with Gasteiger partial charge in [-0.15, -0.1) is 0 Å². The van der Waals surface area contributed by atoms with E-state index in [1.807, 2.05) is 20.8 Å². The van der Waals surface area contributed by atoms with Crippen molar-refractivity contribution in [3.05, 3.63) is 24.3 Å². The Kier molecular flexibility index (Phi) is 4.21. The second kappa shape index (κ2) is 5.76. The predicted molar refractivity (Wildman–Crippen MR) is 80.6 cm³/mol. The number of benzene rings is 1. The zero-order valence-corrected chi connectivity index (χ0v) is 12.8. The molecule has 1 aliphatic rings. The minimum Gasteiger partial charge on any atom is -0.492 e. The van der Waals surface area contributed by atoms with Crippen molar-refractivity contribution < 1.29 is 14.3 Å². The van der Waals surface area contributed by atoms with Crippen LogP contribution in [0.4, 0.5) is 5.69 Å². The highest BCUT2D eigenvalue weighted by molar-refractivity contribution is 6.05. The number of amides is 2. The van der Waals surface area contributed by atoms with Crippen molar-refractivity contribution in [1.29, 1.82) is 0 Å². The maximum Gasteiger partial charge on any atom is 0.236 e. The molecule has 5 nitrogen and oxygen atoms in total. The zero-order chi connectivity index (χ0) is 15.6. The van der Waals surface area contributed by atoms with Gasteiger partial charge in [-0.25, -0.2) is 0 Å². The standard InChI is InChI=1S/C16H22N2O3/c1-11(2)16(3)10-14(19)18(15(16)20)8-9-21-13-6-4-12(17)5-7-13/h4-7,11H,8-10,17H2,1-3H3. The highest BCUT2D eigenvalue weighted by atomic mass is 16.5. The first-order valence-corrected chi connectivity index (χ1v) is 7.18. The molecule has 5 heteroatoms. The molecule has 1 aromatic carbocycles. The van der Waals surface area contributed by atoms with E-state index in [9.17, 15) is 9.59 Å². The van der Waals surface area contributed by atoms with Crippen molar-refractivity contribution in [2.24, 2.45) is 11.3 Å². The van der Waals surface area contributed by atoms with Crippen LogP contribution in [-0.4, -0.2) is 29.9 Å².